The lowest BCUT2D eigenvalue weighted by Gasteiger charge is -2.05. The van der Waals surface area contributed by atoms with E-state index in [1.54, 1.807) is 12.1 Å². The summed E-state index contributed by atoms with van der Waals surface area (Å²) in [5.41, 5.74) is 3.03. The molecule has 0 spiro atoms. The van der Waals surface area contributed by atoms with Gasteiger partial charge in [-0.05, 0) is 49.2 Å². The van der Waals surface area contributed by atoms with E-state index >= 15 is 0 Å². The maximum atomic E-state index is 12.2. The highest BCUT2D eigenvalue weighted by Crippen LogP contribution is 2.21. The molecule has 3 rings (SSSR count). The van der Waals surface area contributed by atoms with Crippen molar-refractivity contribution in [2.75, 3.05) is 5.75 Å². The molecule has 2 aromatic carbocycles. The SMILES string of the molecule is Cc1ccc(OCc2nnc(SCC(=O)c3ccc(Br)cc3)o2)cc1C. The highest BCUT2D eigenvalue weighted by Gasteiger charge is 2.12. The summed E-state index contributed by atoms with van der Waals surface area (Å²) in [7, 11) is 0. The van der Waals surface area contributed by atoms with E-state index in [1.807, 2.05) is 37.3 Å². The molecule has 7 heteroatoms. The fourth-order valence-corrected chi connectivity index (χ4v) is 3.09. The topological polar surface area (TPSA) is 65.2 Å². The fraction of sp³-hybridized carbons (Fsp3) is 0.211. The molecule has 0 bridgehead atoms. The molecule has 3 aromatic rings. The number of carbonyl (C=O) groups is 1. The van der Waals surface area contributed by atoms with E-state index < -0.39 is 0 Å². The Morgan fingerprint density at radius 2 is 1.88 bits per heavy atom. The standard InChI is InChI=1S/C19H17BrN2O3S/c1-12-3-8-16(9-13(12)2)24-10-18-21-22-19(25-18)26-11-17(23)14-4-6-15(20)7-5-14/h3-9H,10-11H2,1-2H3. The molecule has 0 radical (unpaired) electrons. The minimum absolute atomic E-state index is 0.00799. The van der Waals surface area contributed by atoms with Crippen LogP contribution in [0.15, 0.2) is 56.6 Å². The van der Waals surface area contributed by atoms with Gasteiger partial charge in [0.05, 0.1) is 5.75 Å². The van der Waals surface area contributed by atoms with Gasteiger partial charge in [-0.15, -0.1) is 10.2 Å². The number of thioether (sulfide) groups is 1. The zero-order chi connectivity index (χ0) is 18.5. The lowest BCUT2D eigenvalue weighted by molar-refractivity contribution is 0.102. The van der Waals surface area contributed by atoms with Crippen LogP contribution in [0, 0.1) is 13.8 Å². The number of rotatable bonds is 7. The van der Waals surface area contributed by atoms with Crippen LogP contribution in [-0.2, 0) is 6.61 Å². The number of halogens is 1. The first-order valence-electron chi connectivity index (χ1n) is 7.95. The van der Waals surface area contributed by atoms with Crippen molar-refractivity contribution in [3.63, 3.8) is 0 Å². The molecule has 1 aromatic heterocycles. The van der Waals surface area contributed by atoms with E-state index in [1.165, 1.54) is 17.3 Å². The summed E-state index contributed by atoms with van der Waals surface area (Å²) in [4.78, 5) is 12.2. The van der Waals surface area contributed by atoms with E-state index in [0.717, 1.165) is 15.8 Å². The largest absolute Gasteiger partial charge is 0.484 e. The predicted molar refractivity (Wildman–Crippen MR) is 104 cm³/mol. The number of Topliss-reactive ketones (excluding diaryl/α,β-unsaturated/α-hetero) is 1. The smallest absolute Gasteiger partial charge is 0.277 e. The summed E-state index contributed by atoms with van der Waals surface area (Å²) >= 11 is 4.57. The van der Waals surface area contributed by atoms with Crippen molar-refractivity contribution in [2.45, 2.75) is 25.7 Å². The zero-order valence-corrected chi connectivity index (χ0v) is 16.8. The van der Waals surface area contributed by atoms with Gasteiger partial charge in [0.25, 0.3) is 11.1 Å². The van der Waals surface area contributed by atoms with Crippen LogP contribution in [0.4, 0.5) is 0 Å². The van der Waals surface area contributed by atoms with Gasteiger partial charge in [0.15, 0.2) is 12.4 Å². The number of benzene rings is 2. The Kier molecular flexibility index (Phi) is 6.11. The van der Waals surface area contributed by atoms with E-state index in [2.05, 4.69) is 33.1 Å². The summed E-state index contributed by atoms with van der Waals surface area (Å²) in [6, 6.07) is 13.1. The van der Waals surface area contributed by atoms with Crippen LogP contribution in [0.3, 0.4) is 0 Å². The molecule has 1 heterocycles. The molecule has 0 saturated carbocycles. The van der Waals surface area contributed by atoms with Crippen molar-refractivity contribution in [1.29, 1.82) is 0 Å². The molecule has 134 valence electrons. The molecule has 5 nitrogen and oxygen atoms in total. The number of hydrogen-bond acceptors (Lipinski definition) is 6. The molecule has 0 unspecified atom stereocenters. The van der Waals surface area contributed by atoms with E-state index in [9.17, 15) is 4.79 Å². The Morgan fingerprint density at radius 1 is 1.12 bits per heavy atom. The number of ether oxygens (including phenoxy) is 1. The number of carbonyl (C=O) groups excluding carboxylic acids is 1. The predicted octanol–water partition coefficient (Wildman–Crippen LogP) is 5.00. The van der Waals surface area contributed by atoms with Crippen LogP contribution in [0.5, 0.6) is 5.75 Å². The molecule has 0 fully saturated rings. The Balaban J connectivity index is 1.52. The minimum atomic E-state index is 0.00799. The lowest BCUT2D eigenvalue weighted by Crippen LogP contribution is -2.01. The average Bonchev–Trinajstić information content (AvgIpc) is 3.09. The summed E-state index contributed by atoms with van der Waals surface area (Å²) in [5.74, 6) is 1.38. The highest BCUT2D eigenvalue weighted by atomic mass is 79.9. The maximum absolute atomic E-state index is 12.2. The minimum Gasteiger partial charge on any atom is -0.484 e. The van der Waals surface area contributed by atoms with Crippen LogP contribution in [0.2, 0.25) is 0 Å². The van der Waals surface area contributed by atoms with Gasteiger partial charge in [-0.3, -0.25) is 4.79 Å². The third kappa shape index (κ3) is 4.95. The van der Waals surface area contributed by atoms with Gasteiger partial charge in [-0.2, -0.15) is 0 Å². The molecule has 26 heavy (non-hydrogen) atoms. The van der Waals surface area contributed by atoms with Crippen molar-refractivity contribution >= 4 is 33.5 Å². The van der Waals surface area contributed by atoms with Crippen LogP contribution in [0.1, 0.15) is 27.4 Å². The number of aromatic nitrogens is 2. The second-order valence-electron chi connectivity index (χ2n) is 5.72. The number of hydrogen-bond donors (Lipinski definition) is 0. The zero-order valence-electron chi connectivity index (χ0n) is 14.4. The normalized spacial score (nSPS) is 10.7. The average molecular weight is 433 g/mol. The molecule has 0 saturated heterocycles. The first-order valence-corrected chi connectivity index (χ1v) is 9.73. The molecule has 0 atom stereocenters. The summed E-state index contributed by atoms with van der Waals surface area (Å²) in [6.07, 6.45) is 0. The first kappa shape index (κ1) is 18.7. The first-order chi connectivity index (χ1) is 12.5. The van der Waals surface area contributed by atoms with Gasteiger partial charge in [0, 0.05) is 10.0 Å². The molecule has 0 amide bonds. The summed E-state index contributed by atoms with van der Waals surface area (Å²) < 4.78 is 12.1. The van der Waals surface area contributed by atoms with Gasteiger partial charge in [0.1, 0.15) is 5.75 Å². The lowest BCUT2D eigenvalue weighted by atomic mass is 10.1. The maximum Gasteiger partial charge on any atom is 0.277 e. The van der Waals surface area contributed by atoms with E-state index in [4.69, 9.17) is 9.15 Å². The highest BCUT2D eigenvalue weighted by molar-refractivity contribution is 9.10. The summed E-state index contributed by atoms with van der Waals surface area (Å²) in [5, 5.41) is 8.26. The van der Waals surface area contributed by atoms with Crippen LogP contribution in [-0.4, -0.2) is 21.7 Å². The second-order valence-corrected chi connectivity index (χ2v) is 7.56. The van der Waals surface area contributed by atoms with Gasteiger partial charge in [0.2, 0.25) is 0 Å². The second kappa shape index (κ2) is 8.51. The Morgan fingerprint density at radius 3 is 2.62 bits per heavy atom. The Labute approximate surface area is 164 Å². The van der Waals surface area contributed by atoms with Crippen molar-refractivity contribution in [2.24, 2.45) is 0 Å². The van der Waals surface area contributed by atoms with Gasteiger partial charge >= 0.3 is 0 Å². The van der Waals surface area contributed by atoms with Crippen molar-refractivity contribution < 1.29 is 13.9 Å². The number of ketones is 1. The van der Waals surface area contributed by atoms with Gasteiger partial charge in [-0.25, -0.2) is 0 Å². The quantitative estimate of drug-likeness (QED) is 0.386. The van der Waals surface area contributed by atoms with Crippen molar-refractivity contribution in [1.82, 2.24) is 10.2 Å². The van der Waals surface area contributed by atoms with Gasteiger partial charge < -0.3 is 9.15 Å². The number of nitrogens with zero attached hydrogens (tertiary/aromatic N) is 2. The fourth-order valence-electron chi connectivity index (χ4n) is 2.15. The molecule has 0 aliphatic heterocycles. The number of aryl methyl sites for hydroxylation is 2. The van der Waals surface area contributed by atoms with Crippen LogP contribution < -0.4 is 4.74 Å². The molecular formula is C19H17BrN2O3S. The summed E-state index contributed by atoms with van der Waals surface area (Å²) in [6.45, 7) is 4.28. The van der Waals surface area contributed by atoms with Crippen molar-refractivity contribution in [3.05, 3.63) is 69.5 Å². The Bertz CT molecular complexity index is 909. The van der Waals surface area contributed by atoms with Gasteiger partial charge in [-0.1, -0.05) is 45.9 Å². The Hall–Kier alpha value is -2.12. The molecule has 0 aliphatic carbocycles. The van der Waals surface area contributed by atoms with Crippen molar-refractivity contribution in [3.8, 4) is 5.75 Å². The van der Waals surface area contributed by atoms with E-state index in [-0.39, 0.29) is 18.1 Å². The molecule has 0 N–H and O–H groups in total. The van der Waals surface area contributed by atoms with Crippen LogP contribution in [0.25, 0.3) is 0 Å². The molecular weight excluding hydrogens is 416 g/mol. The van der Waals surface area contributed by atoms with E-state index in [0.29, 0.717) is 16.7 Å². The monoisotopic (exact) mass is 432 g/mol. The third-order valence-electron chi connectivity index (χ3n) is 3.78. The molecule has 0 aliphatic rings. The van der Waals surface area contributed by atoms with Crippen LogP contribution >= 0.6 is 27.7 Å². The third-order valence-corrected chi connectivity index (χ3v) is 5.13.